The van der Waals surface area contributed by atoms with Crippen LogP contribution in [0.25, 0.3) is 0 Å². The minimum Gasteiger partial charge on any atom is -0.306 e. The van der Waals surface area contributed by atoms with Crippen LogP contribution in [0.5, 0.6) is 0 Å². The third-order valence-electron chi connectivity index (χ3n) is 2.72. The molecule has 0 aromatic rings. The first kappa shape index (κ1) is 11.2. The van der Waals surface area contributed by atoms with Crippen LogP contribution < -0.4 is 0 Å². The van der Waals surface area contributed by atoms with Crippen molar-refractivity contribution in [1.82, 2.24) is 4.90 Å². The van der Waals surface area contributed by atoms with Gasteiger partial charge >= 0.3 is 0 Å². The van der Waals surface area contributed by atoms with Crippen molar-refractivity contribution in [3.05, 3.63) is 0 Å². The van der Waals surface area contributed by atoms with Crippen molar-refractivity contribution >= 4 is 12.4 Å². The molecule has 68 valence electrons. The Morgan fingerprint density at radius 3 is 1.82 bits per heavy atom. The fraction of sp³-hybridized carbons (Fsp3) is 1.00. The van der Waals surface area contributed by atoms with E-state index in [1.807, 2.05) is 0 Å². The number of nitrogens with zero attached hydrogens (tertiary/aromatic N) is 1. The summed E-state index contributed by atoms with van der Waals surface area (Å²) >= 11 is 0. The van der Waals surface area contributed by atoms with E-state index in [4.69, 9.17) is 0 Å². The highest BCUT2D eigenvalue weighted by atomic mass is 35.5. The molecule has 0 heterocycles. The summed E-state index contributed by atoms with van der Waals surface area (Å²) in [6.45, 7) is 2.37. The smallest absolute Gasteiger partial charge is 0.00893 e. The molecule has 0 radical (unpaired) electrons. The van der Waals surface area contributed by atoms with Gasteiger partial charge < -0.3 is 4.90 Å². The normalized spacial score (nSPS) is 31.6. The van der Waals surface area contributed by atoms with Gasteiger partial charge in [0.1, 0.15) is 0 Å². The Morgan fingerprint density at radius 1 is 1.00 bits per heavy atom. The van der Waals surface area contributed by atoms with Gasteiger partial charge in [-0.25, -0.2) is 0 Å². The van der Waals surface area contributed by atoms with Crippen LogP contribution >= 0.6 is 12.4 Å². The van der Waals surface area contributed by atoms with Gasteiger partial charge in [0.15, 0.2) is 0 Å². The van der Waals surface area contributed by atoms with Crippen molar-refractivity contribution < 1.29 is 0 Å². The first-order chi connectivity index (χ1) is 4.70. The van der Waals surface area contributed by atoms with E-state index >= 15 is 0 Å². The fourth-order valence-electron chi connectivity index (χ4n) is 1.76. The molecule has 0 aliphatic heterocycles. The van der Waals surface area contributed by atoms with Crippen molar-refractivity contribution in [2.75, 3.05) is 14.1 Å². The lowest BCUT2D eigenvalue weighted by Crippen LogP contribution is -2.31. The second-order valence-electron chi connectivity index (χ2n) is 3.88. The molecule has 0 aromatic heterocycles. The van der Waals surface area contributed by atoms with Gasteiger partial charge in [0.25, 0.3) is 0 Å². The average Bonchev–Trinajstić information content (AvgIpc) is 1.88. The molecule has 1 fully saturated rings. The van der Waals surface area contributed by atoms with Crippen molar-refractivity contribution in [2.24, 2.45) is 5.92 Å². The standard InChI is InChI=1S/C9H19N.ClH/c1-8-4-6-9(7-5-8)10(2)3;/h8-9H,4-7H2,1-3H3;1H. The Morgan fingerprint density at radius 2 is 1.45 bits per heavy atom. The SMILES string of the molecule is CC1CCC(N(C)C)CC1.Cl. The lowest BCUT2D eigenvalue weighted by atomic mass is 9.87. The van der Waals surface area contributed by atoms with Crippen LogP contribution in [0.2, 0.25) is 0 Å². The zero-order valence-corrected chi connectivity index (χ0v) is 8.66. The maximum absolute atomic E-state index is 2.37. The minimum absolute atomic E-state index is 0. The summed E-state index contributed by atoms with van der Waals surface area (Å²) in [6.07, 6.45) is 5.69. The minimum atomic E-state index is 0. The van der Waals surface area contributed by atoms with E-state index in [2.05, 4.69) is 25.9 Å². The predicted molar refractivity (Wildman–Crippen MR) is 52.4 cm³/mol. The van der Waals surface area contributed by atoms with Gasteiger partial charge in [-0.15, -0.1) is 12.4 Å². The van der Waals surface area contributed by atoms with Gasteiger partial charge in [-0.1, -0.05) is 6.92 Å². The van der Waals surface area contributed by atoms with Gasteiger partial charge in [0.05, 0.1) is 0 Å². The Kier molecular flexibility index (Phi) is 5.11. The van der Waals surface area contributed by atoms with Crippen LogP contribution in [0.3, 0.4) is 0 Å². The first-order valence-electron chi connectivity index (χ1n) is 4.36. The topological polar surface area (TPSA) is 3.24 Å². The van der Waals surface area contributed by atoms with E-state index in [9.17, 15) is 0 Å². The largest absolute Gasteiger partial charge is 0.306 e. The molecule has 1 aliphatic rings. The number of hydrogen-bond donors (Lipinski definition) is 0. The summed E-state index contributed by atoms with van der Waals surface area (Å²) < 4.78 is 0. The second-order valence-corrected chi connectivity index (χ2v) is 3.88. The van der Waals surface area contributed by atoms with Crippen LogP contribution in [-0.2, 0) is 0 Å². The van der Waals surface area contributed by atoms with Crippen LogP contribution in [0.15, 0.2) is 0 Å². The first-order valence-corrected chi connectivity index (χ1v) is 4.36. The van der Waals surface area contributed by atoms with Crippen molar-refractivity contribution in [3.63, 3.8) is 0 Å². The molecule has 0 atom stereocenters. The summed E-state index contributed by atoms with van der Waals surface area (Å²) in [5.74, 6) is 0.983. The van der Waals surface area contributed by atoms with Gasteiger partial charge in [-0.2, -0.15) is 0 Å². The molecule has 2 heteroatoms. The quantitative estimate of drug-likeness (QED) is 0.595. The van der Waals surface area contributed by atoms with E-state index in [1.165, 1.54) is 25.7 Å². The number of halogens is 1. The van der Waals surface area contributed by atoms with E-state index < -0.39 is 0 Å². The third-order valence-corrected chi connectivity index (χ3v) is 2.72. The maximum atomic E-state index is 2.37. The summed E-state index contributed by atoms with van der Waals surface area (Å²) in [7, 11) is 4.39. The molecule has 1 nitrogen and oxygen atoms in total. The van der Waals surface area contributed by atoms with Gasteiger partial charge in [-0.05, 0) is 45.7 Å². The molecule has 0 saturated heterocycles. The van der Waals surface area contributed by atoms with Crippen LogP contribution in [-0.4, -0.2) is 25.0 Å². The molecular formula is C9H20ClN. The molecule has 1 saturated carbocycles. The Labute approximate surface area is 76.6 Å². The molecule has 0 aromatic carbocycles. The zero-order chi connectivity index (χ0) is 7.56. The molecular weight excluding hydrogens is 158 g/mol. The van der Waals surface area contributed by atoms with Crippen molar-refractivity contribution in [1.29, 1.82) is 0 Å². The van der Waals surface area contributed by atoms with E-state index in [0.29, 0.717) is 0 Å². The van der Waals surface area contributed by atoms with E-state index in [1.54, 1.807) is 0 Å². The maximum Gasteiger partial charge on any atom is 0.00893 e. The summed E-state index contributed by atoms with van der Waals surface area (Å²) in [6, 6.07) is 0.871. The Bertz CT molecular complexity index is 95.7. The van der Waals surface area contributed by atoms with Gasteiger partial charge in [0.2, 0.25) is 0 Å². The van der Waals surface area contributed by atoms with E-state index in [-0.39, 0.29) is 12.4 Å². The third kappa shape index (κ3) is 3.44. The number of rotatable bonds is 1. The van der Waals surface area contributed by atoms with Gasteiger partial charge in [0, 0.05) is 6.04 Å². The lowest BCUT2D eigenvalue weighted by Gasteiger charge is -2.30. The van der Waals surface area contributed by atoms with Crippen LogP contribution in [0, 0.1) is 5.92 Å². The monoisotopic (exact) mass is 177 g/mol. The second kappa shape index (κ2) is 5.00. The highest BCUT2D eigenvalue weighted by Gasteiger charge is 2.18. The lowest BCUT2D eigenvalue weighted by molar-refractivity contribution is 0.200. The highest BCUT2D eigenvalue weighted by Crippen LogP contribution is 2.25. The van der Waals surface area contributed by atoms with Gasteiger partial charge in [-0.3, -0.25) is 0 Å². The predicted octanol–water partition coefficient (Wildman–Crippen LogP) is 2.55. The van der Waals surface area contributed by atoms with Crippen molar-refractivity contribution in [2.45, 2.75) is 38.6 Å². The van der Waals surface area contributed by atoms with E-state index in [0.717, 1.165) is 12.0 Å². The summed E-state index contributed by atoms with van der Waals surface area (Å²) in [5.41, 5.74) is 0. The molecule has 1 aliphatic carbocycles. The molecule has 0 N–H and O–H groups in total. The zero-order valence-electron chi connectivity index (χ0n) is 7.84. The van der Waals surface area contributed by atoms with Crippen LogP contribution in [0.4, 0.5) is 0 Å². The fourth-order valence-corrected chi connectivity index (χ4v) is 1.76. The number of hydrogen-bond acceptors (Lipinski definition) is 1. The van der Waals surface area contributed by atoms with Crippen LogP contribution in [0.1, 0.15) is 32.6 Å². The summed E-state index contributed by atoms with van der Waals surface area (Å²) in [4.78, 5) is 2.37. The molecule has 1 rings (SSSR count). The Balaban J connectivity index is 0.000001000. The summed E-state index contributed by atoms with van der Waals surface area (Å²) in [5, 5.41) is 0. The molecule has 0 unspecified atom stereocenters. The van der Waals surface area contributed by atoms with Crippen molar-refractivity contribution in [3.8, 4) is 0 Å². The molecule has 0 spiro atoms. The Hall–Kier alpha value is 0.250. The molecule has 11 heavy (non-hydrogen) atoms. The highest BCUT2D eigenvalue weighted by molar-refractivity contribution is 5.85. The average molecular weight is 178 g/mol. The molecule has 0 amide bonds. The molecule has 0 bridgehead atoms.